The minimum atomic E-state index is 0.484. The number of halogens is 1. The third kappa shape index (κ3) is 2.78. The van der Waals surface area contributed by atoms with Gasteiger partial charge in [-0.25, -0.2) is 0 Å². The number of hydrogen-bond acceptors (Lipinski definition) is 4. The molecular weight excluding hydrogens is 246 g/mol. The molecule has 2 rings (SSSR count). The molecule has 2 heterocycles. The molecule has 0 spiro atoms. The van der Waals surface area contributed by atoms with Crippen molar-refractivity contribution in [1.82, 2.24) is 15.5 Å². The van der Waals surface area contributed by atoms with Gasteiger partial charge in [-0.05, 0) is 38.3 Å². The monoisotopic (exact) mass is 259 g/mol. The second-order valence-corrected chi connectivity index (χ2v) is 4.36. The molecule has 0 aromatic carbocycles. The zero-order chi connectivity index (χ0) is 9.80. The summed E-state index contributed by atoms with van der Waals surface area (Å²) < 4.78 is 5.25. The van der Waals surface area contributed by atoms with Gasteiger partial charge in [0.25, 0.3) is 4.80 Å². The lowest BCUT2D eigenvalue weighted by Gasteiger charge is -2.21. The number of nitrogens with one attached hydrogen (secondary N) is 1. The molecule has 0 saturated carbocycles. The highest BCUT2D eigenvalue weighted by atomic mass is 79.9. The van der Waals surface area contributed by atoms with E-state index in [1.165, 1.54) is 12.8 Å². The molecule has 5 heteroatoms. The Kier molecular flexibility index (Phi) is 3.53. The van der Waals surface area contributed by atoms with Crippen molar-refractivity contribution in [3.63, 3.8) is 0 Å². The molecule has 78 valence electrons. The topological polar surface area (TPSA) is 51.0 Å². The van der Waals surface area contributed by atoms with Crippen LogP contribution in [0.25, 0.3) is 0 Å². The molecule has 0 aliphatic carbocycles. The lowest BCUT2D eigenvalue weighted by molar-refractivity contribution is 0.340. The summed E-state index contributed by atoms with van der Waals surface area (Å²) in [5.41, 5.74) is 0. The van der Waals surface area contributed by atoms with Crippen LogP contribution in [0.15, 0.2) is 9.22 Å². The van der Waals surface area contributed by atoms with Gasteiger partial charge in [0.1, 0.15) is 0 Å². The third-order valence-electron chi connectivity index (χ3n) is 2.67. The molecule has 1 aliphatic heterocycles. The van der Waals surface area contributed by atoms with Crippen LogP contribution in [0.5, 0.6) is 0 Å². The van der Waals surface area contributed by atoms with Crippen molar-refractivity contribution >= 4 is 15.9 Å². The maximum Gasteiger partial charge on any atom is 0.284 e. The Balaban J connectivity index is 1.76. The number of hydrogen-bond donors (Lipinski definition) is 1. The second-order valence-electron chi connectivity index (χ2n) is 3.68. The molecule has 1 N–H and O–H groups in total. The summed E-state index contributed by atoms with van der Waals surface area (Å²) in [4.78, 5) is 0.484. The lowest BCUT2D eigenvalue weighted by atomic mass is 9.93. The van der Waals surface area contributed by atoms with E-state index in [1.54, 1.807) is 0 Å². The van der Waals surface area contributed by atoms with E-state index in [2.05, 4.69) is 31.4 Å². The molecule has 0 unspecified atom stereocenters. The molecule has 1 aromatic rings. The average molecular weight is 260 g/mol. The van der Waals surface area contributed by atoms with Crippen LogP contribution in [0, 0.1) is 5.92 Å². The van der Waals surface area contributed by atoms with Gasteiger partial charge in [0.05, 0.1) is 0 Å². The number of piperidine rings is 1. The summed E-state index contributed by atoms with van der Waals surface area (Å²) in [5, 5.41) is 11.0. The van der Waals surface area contributed by atoms with E-state index in [4.69, 9.17) is 4.42 Å². The summed E-state index contributed by atoms with van der Waals surface area (Å²) in [7, 11) is 0. The summed E-state index contributed by atoms with van der Waals surface area (Å²) in [5.74, 6) is 1.57. The quantitative estimate of drug-likeness (QED) is 0.899. The van der Waals surface area contributed by atoms with Crippen LogP contribution in [-0.4, -0.2) is 23.3 Å². The Hall–Kier alpha value is -0.420. The van der Waals surface area contributed by atoms with Crippen molar-refractivity contribution in [2.24, 2.45) is 5.92 Å². The number of aromatic nitrogens is 2. The fourth-order valence-electron chi connectivity index (χ4n) is 1.83. The van der Waals surface area contributed by atoms with Gasteiger partial charge in [-0.3, -0.25) is 0 Å². The minimum Gasteiger partial charge on any atom is -0.416 e. The predicted octanol–water partition coefficient (Wildman–Crippen LogP) is 1.76. The van der Waals surface area contributed by atoms with E-state index in [1.807, 2.05) is 0 Å². The maximum absolute atomic E-state index is 5.25. The van der Waals surface area contributed by atoms with Crippen molar-refractivity contribution in [3.05, 3.63) is 10.7 Å². The molecule has 0 amide bonds. The zero-order valence-corrected chi connectivity index (χ0v) is 9.59. The molecule has 4 nitrogen and oxygen atoms in total. The van der Waals surface area contributed by atoms with Gasteiger partial charge >= 0.3 is 0 Å². The molecule has 0 bridgehead atoms. The standard InChI is InChI=1S/C9H14BrN3O/c10-9-13-12-8(14-9)2-1-7-3-5-11-6-4-7/h7,11H,1-6H2. The first-order valence-electron chi connectivity index (χ1n) is 5.03. The van der Waals surface area contributed by atoms with E-state index in [0.717, 1.165) is 37.7 Å². The van der Waals surface area contributed by atoms with Crippen LogP contribution >= 0.6 is 15.9 Å². The number of rotatable bonds is 3. The summed E-state index contributed by atoms with van der Waals surface area (Å²) in [6.45, 7) is 2.30. The summed E-state index contributed by atoms with van der Waals surface area (Å²) in [6, 6.07) is 0. The molecule has 1 aromatic heterocycles. The van der Waals surface area contributed by atoms with Crippen molar-refractivity contribution in [2.45, 2.75) is 25.7 Å². The fourth-order valence-corrected chi connectivity index (χ4v) is 2.10. The molecular formula is C9H14BrN3O. The molecule has 14 heavy (non-hydrogen) atoms. The molecule has 0 radical (unpaired) electrons. The molecule has 1 aliphatic rings. The summed E-state index contributed by atoms with van der Waals surface area (Å²) in [6.07, 6.45) is 4.62. The maximum atomic E-state index is 5.25. The molecule has 0 atom stereocenters. The highest BCUT2D eigenvalue weighted by Gasteiger charge is 2.14. The minimum absolute atomic E-state index is 0.484. The first-order chi connectivity index (χ1) is 6.84. The normalized spacial score (nSPS) is 18.6. The first kappa shape index (κ1) is 10.1. The van der Waals surface area contributed by atoms with Crippen LogP contribution in [0.1, 0.15) is 25.2 Å². The molecule has 1 fully saturated rings. The van der Waals surface area contributed by atoms with E-state index in [-0.39, 0.29) is 0 Å². The average Bonchev–Trinajstić information content (AvgIpc) is 2.63. The third-order valence-corrected chi connectivity index (χ3v) is 2.99. The van der Waals surface area contributed by atoms with Crippen molar-refractivity contribution in [1.29, 1.82) is 0 Å². The Bertz CT molecular complexity index is 283. The smallest absolute Gasteiger partial charge is 0.284 e. The van der Waals surface area contributed by atoms with Gasteiger partial charge in [0, 0.05) is 22.4 Å². The van der Waals surface area contributed by atoms with Crippen LogP contribution in [0.4, 0.5) is 0 Å². The fraction of sp³-hybridized carbons (Fsp3) is 0.778. The van der Waals surface area contributed by atoms with Gasteiger partial charge in [0.15, 0.2) is 0 Å². The number of nitrogens with zero attached hydrogens (tertiary/aromatic N) is 2. The molecule has 1 saturated heterocycles. The van der Waals surface area contributed by atoms with Crippen molar-refractivity contribution in [2.75, 3.05) is 13.1 Å². The predicted molar refractivity (Wildman–Crippen MR) is 55.9 cm³/mol. The Morgan fingerprint density at radius 1 is 1.36 bits per heavy atom. The van der Waals surface area contributed by atoms with Gasteiger partial charge in [-0.15, -0.1) is 10.2 Å². The van der Waals surface area contributed by atoms with Crippen LogP contribution in [0.2, 0.25) is 0 Å². The van der Waals surface area contributed by atoms with Gasteiger partial charge in [-0.1, -0.05) is 0 Å². The Labute approximate surface area is 91.6 Å². The SMILES string of the molecule is Brc1nnc(CCC2CCNCC2)o1. The lowest BCUT2D eigenvalue weighted by Crippen LogP contribution is -2.27. The van der Waals surface area contributed by atoms with Crippen molar-refractivity contribution in [3.8, 4) is 0 Å². The van der Waals surface area contributed by atoms with Gasteiger partial charge in [-0.2, -0.15) is 0 Å². The summed E-state index contributed by atoms with van der Waals surface area (Å²) >= 11 is 3.15. The van der Waals surface area contributed by atoms with Crippen LogP contribution in [-0.2, 0) is 6.42 Å². The zero-order valence-electron chi connectivity index (χ0n) is 8.00. The largest absolute Gasteiger partial charge is 0.416 e. The Morgan fingerprint density at radius 3 is 2.79 bits per heavy atom. The van der Waals surface area contributed by atoms with E-state index >= 15 is 0 Å². The Morgan fingerprint density at radius 2 is 2.14 bits per heavy atom. The van der Waals surface area contributed by atoms with E-state index < -0.39 is 0 Å². The van der Waals surface area contributed by atoms with E-state index in [0.29, 0.717) is 4.80 Å². The highest BCUT2D eigenvalue weighted by Crippen LogP contribution is 2.18. The van der Waals surface area contributed by atoms with Gasteiger partial charge < -0.3 is 9.73 Å². The van der Waals surface area contributed by atoms with E-state index in [9.17, 15) is 0 Å². The first-order valence-corrected chi connectivity index (χ1v) is 5.82. The highest BCUT2D eigenvalue weighted by molar-refractivity contribution is 9.10. The van der Waals surface area contributed by atoms with Crippen LogP contribution in [0.3, 0.4) is 0 Å². The second kappa shape index (κ2) is 4.89. The van der Waals surface area contributed by atoms with Crippen molar-refractivity contribution < 1.29 is 4.42 Å². The van der Waals surface area contributed by atoms with Gasteiger partial charge in [0.2, 0.25) is 5.89 Å². The number of aryl methyl sites for hydroxylation is 1. The van der Waals surface area contributed by atoms with Crippen LogP contribution < -0.4 is 5.32 Å².